The van der Waals surface area contributed by atoms with Crippen LogP contribution in [0.4, 0.5) is 0 Å². The third-order valence-corrected chi connectivity index (χ3v) is 3.24. The number of nitrogens with zero attached hydrogens (tertiary/aromatic N) is 1. The molecule has 1 fully saturated rings. The lowest BCUT2D eigenvalue weighted by molar-refractivity contribution is -0.145. The Morgan fingerprint density at radius 2 is 2.14 bits per heavy atom. The predicted octanol–water partition coefficient (Wildman–Crippen LogP) is 1.69. The first-order valence-corrected chi connectivity index (χ1v) is 5.36. The molecule has 2 heterocycles. The van der Waals surface area contributed by atoms with Gasteiger partial charge in [0.25, 0.3) is 0 Å². The van der Waals surface area contributed by atoms with Gasteiger partial charge in [0.1, 0.15) is 5.60 Å². The topological polar surface area (TPSA) is 29.5 Å². The van der Waals surface area contributed by atoms with Crippen molar-refractivity contribution in [3.05, 3.63) is 11.8 Å². The van der Waals surface area contributed by atoms with Gasteiger partial charge in [-0.05, 0) is 26.2 Å². The van der Waals surface area contributed by atoms with Crippen LogP contribution in [-0.2, 0) is 9.53 Å². The van der Waals surface area contributed by atoms with Gasteiger partial charge < -0.3 is 9.64 Å². The Hall–Kier alpha value is -0.990. The van der Waals surface area contributed by atoms with Gasteiger partial charge in [-0.2, -0.15) is 0 Å². The highest BCUT2D eigenvalue weighted by Crippen LogP contribution is 2.34. The molecule has 2 aliphatic rings. The lowest BCUT2D eigenvalue weighted by Crippen LogP contribution is -2.35. The second kappa shape index (κ2) is 3.30. The van der Waals surface area contributed by atoms with Gasteiger partial charge in [-0.1, -0.05) is 6.92 Å². The molecule has 0 aromatic rings. The Labute approximate surface area is 84.7 Å². The van der Waals surface area contributed by atoms with Crippen LogP contribution in [0.5, 0.6) is 0 Å². The summed E-state index contributed by atoms with van der Waals surface area (Å²) >= 11 is 0. The Balaban J connectivity index is 2.22. The molecule has 0 aliphatic carbocycles. The molecule has 0 unspecified atom stereocenters. The van der Waals surface area contributed by atoms with Gasteiger partial charge in [0.05, 0.1) is 5.70 Å². The molecule has 1 saturated heterocycles. The lowest BCUT2D eigenvalue weighted by atomic mass is 9.99. The smallest absolute Gasteiger partial charge is 0.333 e. The van der Waals surface area contributed by atoms with Crippen molar-refractivity contribution in [1.82, 2.24) is 4.90 Å². The highest BCUT2D eigenvalue weighted by atomic mass is 16.6. The van der Waals surface area contributed by atoms with Crippen LogP contribution in [0.1, 0.15) is 33.1 Å². The van der Waals surface area contributed by atoms with E-state index in [4.69, 9.17) is 4.74 Å². The van der Waals surface area contributed by atoms with E-state index in [9.17, 15) is 4.79 Å². The zero-order valence-corrected chi connectivity index (χ0v) is 8.88. The average Bonchev–Trinajstić information content (AvgIpc) is 2.73. The minimum absolute atomic E-state index is 0.184. The molecule has 78 valence electrons. The first kappa shape index (κ1) is 9.56. The molecule has 3 nitrogen and oxygen atoms in total. The second-order valence-electron chi connectivity index (χ2n) is 4.23. The van der Waals surface area contributed by atoms with Crippen LogP contribution in [0.2, 0.25) is 0 Å². The van der Waals surface area contributed by atoms with Crippen molar-refractivity contribution >= 4 is 5.97 Å². The van der Waals surface area contributed by atoms with Crippen LogP contribution >= 0.6 is 0 Å². The Morgan fingerprint density at radius 3 is 2.71 bits per heavy atom. The van der Waals surface area contributed by atoms with Crippen molar-refractivity contribution in [3.63, 3.8) is 0 Å². The fourth-order valence-corrected chi connectivity index (χ4v) is 2.21. The van der Waals surface area contributed by atoms with Crippen LogP contribution < -0.4 is 0 Å². The molecule has 0 bridgehead atoms. The highest BCUT2D eigenvalue weighted by molar-refractivity contribution is 5.86. The van der Waals surface area contributed by atoms with E-state index in [0.29, 0.717) is 0 Å². The molecule has 14 heavy (non-hydrogen) atoms. The lowest BCUT2D eigenvalue weighted by Gasteiger charge is -2.31. The summed E-state index contributed by atoms with van der Waals surface area (Å²) in [5.74, 6) is -0.184. The van der Waals surface area contributed by atoms with Crippen molar-refractivity contribution in [1.29, 1.82) is 0 Å². The molecule has 0 amide bonds. The normalized spacial score (nSPS) is 32.0. The molecular formula is C11H17NO2. The number of likely N-dealkylation sites (tertiary alicyclic amines) is 1. The van der Waals surface area contributed by atoms with E-state index in [1.807, 2.05) is 6.92 Å². The van der Waals surface area contributed by atoms with E-state index in [2.05, 4.69) is 11.8 Å². The van der Waals surface area contributed by atoms with Crippen molar-refractivity contribution in [2.24, 2.45) is 0 Å². The van der Waals surface area contributed by atoms with Crippen LogP contribution in [0, 0.1) is 0 Å². The summed E-state index contributed by atoms with van der Waals surface area (Å²) in [4.78, 5) is 13.5. The van der Waals surface area contributed by atoms with Crippen LogP contribution in [0.25, 0.3) is 0 Å². The van der Waals surface area contributed by atoms with Crippen molar-refractivity contribution in [3.8, 4) is 0 Å². The van der Waals surface area contributed by atoms with Crippen LogP contribution in [0.3, 0.4) is 0 Å². The van der Waals surface area contributed by atoms with E-state index in [-0.39, 0.29) is 11.6 Å². The fraction of sp³-hybridized carbons (Fsp3) is 0.727. The average molecular weight is 195 g/mol. The van der Waals surface area contributed by atoms with E-state index in [0.717, 1.165) is 25.2 Å². The third-order valence-electron chi connectivity index (χ3n) is 3.24. The first-order valence-electron chi connectivity index (χ1n) is 5.36. The zero-order chi connectivity index (χ0) is 10.2. The maximum absolute atomic E-state index is 11.3. The highest BCUT2D eigenvalue weighted by Gasteiger charge is 2.40. The Morgan fingerprint density at radius 1 is 1.50 bits per heavy atom. The number of esters is 1. The van der Waals surface area contributed by atoms with Gasteiger partial charge in [0, 0.05) is 19.2 Å². The van der Waals surface area contributed by atoms with Crippen LogP contribution in [0.15, 0.2) is 11.8 Å². The van der Waals surface area contributed by atoms with Gasteiger partial charge in [-0.25, -0.2) is 4.79 Å². The first-order chi connectivity index (χ1) is 6.65. The van der Waals surface area contributed by atoms with Crippen molar-refractivity contribution in [2.75, 3.05) is 13.1 Å². The summed E-state index contributed by atoms with van der Waals surface area (Å²) in [7, 11) is 0. The minimum atomic E-state index is -0.374. The summed E-state index contributed by atoms with van der Waals surface area (Å²) < 4.78 is 5.35. The summed E-state index contributed by atoms with van der Waals surface area (Å²) in [5, 5.41) is 0. The van der Waals surface area contributed by atoms with Gasteiger partial charge in [0.15, 0.2) is 0 Å². The molecule has 0 spiro atoms. The van der Waals surface area contributed by atoms with Gasteiger partial charge in [0.2, 0.25) is 0 Å². The number of carbonyl (C=O) groups excluding carboxylic acids is 1. The number of hydrogen-bond acceptors (Lipinski definition) is 3. The Bertz CT molecular complexity index is 279. The monoisotopic (exact) mass is 195 g/mol. The Kier molecular flexibility index (Phi) is 2.25. The molecule has 0 radical (unpaired) electrons. The van der Waals surface area contributed by atoms with Gasteiger partial charge in [-0.15, -0.1) is 0 Å². The molecule has 2 aliphatic heterocycles. The predicted molar refractivity (Wildman–Crippen MR) is 53.7 cm³/mol. The van der Waals surface area contributed by atoms with E-state index >= 15 is 0 Å². The summed E-state index contributed by atoms with van der Waals surface area (Å²) in [6.45, 7) is 6.20. The van der Waals surface area contributed by atoms with Gasteiger partial charge >= 0.3 is 5.97 Å². The van der Waals surface area contributed by atoms with Crippen molar-refractivity contribution < 1.29 is 9.53 Å². The standard InChI is InChI=1S/C11H17NO2/c1-3-11(2)9(8-10(13)14-11)12-6-4-5-7-12/h8H,3-7H2,1-2H3/t11-/m0/s1. The molecule has 0 saturated carbocycles. The maximum Gasteiger partial charge on any atom is 0.333 e. The molecule has 3 heteroatoms. The molecule has 2 rings (SSSR count). The molecular weight excluding hydrogens is 178 g/mol. The van der Waals surface area contributed by atoms with Crippen LogP contribution in [-0.4, -0.2) is 29.6 Å². The summed E-state index contributed by atoms with van der Waals surface area (Å²) in [6.07, 6.45) is 4.96. The molecule has 0 aromatic carbocycles. The molecule has 1 atom stereocenters. The summed E-state index contributed by atoms with van der Waals surface area (Å²) in [6, 6.07) is 0. The minimum Gasteiger partial charge on any atom is -0.450 e. The molecule has 0 aromatic heterocycles. The fourth-order valence-electron chi connectivity index (χ4n) is 2.21. The largest absolute Gasteiger partial charge is 0.450 e. The number of cyclic esters (lactones) is 1. The third kappa shape index (κ3) is 1.41. The number of carbonyl (C=O) groups is 1. The molecule has 0 N–H and O–H groups in total. The quantitative estimate of drug-likeness (QED) is 0.628. The van der Waals surface area contributed by atoms with E-state index in [1.54, 1.807) is 6.08 Å². The number of ether oxygens (including phenoxy) is 1. The second-order valence-corrected chi connectivity index (χ2v) is 4.23. The zero-order valence-electron chi connectivity index (χ0n) is 8.88. The van der Waals surface area contributed by atoms with Gasteiger partial charge in [-0.3, -0.25) is 0 Å². The van der Waals surface area contributed by atoms with E-state index < -0.39 is 0 Å². The van der Waals surface area contributed by atoms with E-state index in [1.165, 1.54) is 12.8 Å². The maximum atomic E-state index is 11.3. The number of rotatable bonds is 2. The summed E-state index contributed by atoms with van der Waals surface area (Å²) in [5.41, 5.74) is 0.712. The van der Waals surface area contributed by atoms with Crippen molar-refractivity contribution in [2.45, 2.75) is 38.7 Å². The SMILES string of the molecule is CC[C@]1(C)OC(=O)C=C1N1CCCC1. The number of hydrogen-bond donors (Lipinski definition) is 0.